The van der Waals surface area contributed by atoms with E-state index in [1.165, 1.54) is 100 Å². The van der Waals surface area contributed by atoms with Gasteiger partial charge >= 0.3 is 0 Å². The van der Waals surface area contributed by atoms with Crippen LogP contribution in [-0.4, -0.2) is 84.7 Å². The Morgan fingerprint density at radius 3 is 1.63 bits per heavy atom. The van der Waals surface area contributed by atoms with Crippen LogP contribution in [0.3, 0.4) is 0 Å². The molecule has 232 valence electrons. The zero-order valence-corrected chi connectivity index (χ0v) is 31.6. The number of hydrogen-bond donors (Lipinski definition) is 0. The zero-order valence-electron chi connectivity index (χ0n) is 27.6. The fourth-order valence-electron chi connectivity index (χ4n) is 3.72. The van der Waals surface area contributed by atoms with Crippen LogP contribution >= 0.6 is 0 Å². The first kappa shape index (κ1) is 42.3. The monoisotopic (exact) mass is 577 g/mol. The Kier molecular flexibility index (Phi) is 40.9. The predicted octanol–water partition coefficient (Wildman–Crippen LogP) is 6.28. The van der Waals surface area contributed by atoms with Gasteiger partial charge in [-0.05, 0) is 19.3 Å². The molecule has 1 heterocycles. The molecular formula is C31H71NO4Si2. The van der Waals surface area contributed by atoms with Crippen LogP contribution in [0.1, 0.15) is 137 Å². The number of likely N-dealkylation sites (tertiary alicyclic amines) is 1. The summed E-state index contributed by atoms with van der Waals surface area (Å²) < 4.78 is 15.2. The van der Waals surface area contributed by atoms with Gasteiger partial charge in [0.05, 0.1) is 13.2 Å². The van der Waals surface area contributed by atoms with Crippen molar-refractivity contribution in [2.75, 3.05) is 47.6 Å². The van der Waals surface area contributed by atoms with Crippen LogP contribution in [-0.2, 0) is 19.0 Å². The lowest BCUT2D eigenvalue weighted by atomic mass is 10.1. The van der Waals surface area contributed by atoms with Crippen molar-refractivity contribution in [3.05, 3.63) is 0 Å². The van der Waals surface area contributed by atoms with Crippen LogP contribution < -0.4 is 0 Å². The van der Waals surface area contributed by atoms with Gasteiger partial charge in [0.25, 0.3) is 0 Å². The summed E-state index contributed by atoms with van der Waals surface area (Å²) in [6.07, 6.45) is 22.6. The number of carbonyl (C=O) groups excluding carboxylic acids is 1. The Hall–Kier alpha value is -0.216. The maximum atomic E-state index is 10.5. The molecule has 0 aliphatic carbocycles. The summed E-state index contributed by atoms with van der Waals surface area (Å²) in [6.45, 7) is 12.4. The van der Waals surface area contributed by atoms with E-state index in [9.17, 15) is 4.79 Å². The summed E-state index contributed by atoms with van der Waals surface area (Å²) in [5, 5.41) is 0. The van der Waals surface area contributed by atoms with Gasteiger partial charge < -0.3 is 19.1 Å². The van der Waals surface area contributed by atoms with Crippen molar-refractivity contribution in [2.24, 2.45) is 0 Å². The molecule has 1 amide bonds. The summed E-state index contributed by atoms with van der Waals surface area (Å²) >= 11 is 0. The molecule has 0 bridgehead atoms. The smallest absolute Gasteiger partial charge is 0.222 e. The molecule has 1 rings (SSSR count). The highest BCUT2D eigenvalue weighted by molar-refractivity contribution is 6.11. The lowest BCUT2D eigenvalue weighted by Crippen LogP contribution is -2.17. The molecule has 2 unspecified atom stereocenters. The molecule has 2 atom stereocenters. The van der Waals surface area contributed by atoms with Crippen molar-refractivity contribution >= 4 is 26.4 Å². The van der Waals surface area contributed by atoms with E-state index in [0.29, 0.717) is 11.6 Å². The minimum Gasteiger partial charge on any atom is -0.385 e. The number of ether oxygens (including phenoxy) is 3. The van der Waals surface area contributed by atoms with Crippen molar-refractivity contribution in [1.82, 2.24) is 4.90 Å². The van der Waals surface area contributed by atoms with E-state index in [2.05, 4.69) is 27.7 Å². The summed E-state index contributed by atoms with van der Waals surface area (Å²) in [4.78, 5) is 12.3. The zero-order chi connectivity index (χ0) is 29.3. The van der Waals surface area contributed by atoms with Crippen LogP contribution in [0.4, 0.5) is 0 Å². The summed E-state index contributed by atoms with van der Waals surface area (Å²) in [6, 6.07) is 0. The van der Waals surface area contributed by atoms with E-state index in [1.54, 1.807) is 19.1 Å². The van der Waals surface area contributed by atoms with E-state index in [-0.39, 0.29) is 0 Å². The molecule has 1 aliphatic rings. The molecule has 0 radical (unpaired) electrons. The normalized spacial score (nSPS) is 14.2. The molecule has 0 aromatic carbocycles. The van der Waals surface area contributed by atoms with E-state index < -0.39 is 0 Å². The van der Waals surface area contributed by atoms with Crippen molar-refractivity contribution in [3.8, 4) is 0 Å². The van der Waals surface area contributed by atoms with Gasteiger partial charge in [0, 0.05) is 67.1 Å². The lowest BCUT2D eigenvalue weighted by Gasteiger charge is -2.08. The van der Waals surface area contributed by atoms with E-state index >= 15 is 0 Å². The van der Waals surface area contributed by atoms with Crippen LogP contribution in [0, 0.1) is 0 Å². The molecule has 38 heavy (non-hydrogen) atoms. The molecule has 1 fully saturated rings. The summed E-state index contributed by atoms with van der Waals surface area (Å²) in [5.74, 6) is 0.292. The number of hydrogen-bond acceptors (Lipinski definition) is 4. The van der Waals surface area contributed by atoms with Gasteiger partial charge in [0.15, 0.2) is 0 Å². The van der Waals surface area contributed by atoms with Gasteiger partial charge in [0.2, 0.25) is 5.91 Å². The molecule has 0 aromatic heterocycles. The van der Waals surface area contributed by atoms with Crippen LogP contribution in [0.15, 0.2) is 0 Å². The standard InChI is InChI=1S/C13H28O.C7H18Si.C6H16O2Si.C5H9NO/c1-3-4-5-6-7-8-9-10-11-12-13-14-2;1-3-5-6-7(8)4-2;1-3-6(9)8-5-4-7-2;1-6-4-2-3-5(6)7/h3-13H2,1-2H3;7H,3-6H2,1-2,8H3;6H,3-5H2,1-2,9H3;2-4H2,1H3. The van der Waals surface area contributed by atoms with Gasteiger partial charge in [-0.2, -0.15) is 0 Å². The molecule has 0 saturated carbocycles. The highest BCUT2D eigenvalue weighted by Gasteiger charge is 2.14. The van der Waals surface area contributed by atoms with Crippen LogP contribution in [0.2, 0.25) is 5.54 Å². The number of unbranched alkanes of at least 4 members (excludes halogenated alkanes) is 10. The third-order valence-corrected chi connectivity index (χ3v) is 9.57. The lowest BCUT2D eigenvalue weighted by molar-refractivity contribution is -0.126. The first-order chi connectivity index (χ1) is 18.3. The predicted molar refractivity (Wildman–Crippen MR) is 176 cm³/mol. The molecular weight excluding hydrogens is 507 g/mol. The number of rotatable bonds is 20. The summed E-state index contributed by atoms with van der Waals surface area (Å²) in [5.41, 5.74) is 1.61. The highest BCUT2D eigenvalue weighted by Crippen LogP contribution is 2.13. The van der Waals surface area contributed by atoms with Crippen LogP contribution in [0.5, 0.6) is 0 Å². The number of methoxy groups -OCH3 is 2. The Labute approximate surface area is 245 Å². The minimum atomic E-state index is 0.292. The second-order valence-electron chi connectivity index (χ2n) is 10.8. The van der Waals surface area contributed by atoms with E-state index in [4.69, 9.17) is 14.2 Å². The first-order valence-electron chi connectivity index (χ1n) is 16.2. The maximum Gasteiger partial charge on any atom is 0.222 e. The fourth-order valence-corrected chi connectivity index (χ4v) is 4.37. The Bertz CT molecular complexity index is 432. The average molecular weight is 578 g/mol. The molecule has 7 heteroatoms. The van der Waals surface area contributed by atoms with Crippen molar-refractivity contribution in [1.29, 1.82) is 0 Å². The Balaban J connectivity index is -0.000000447. The third kappa shape index (κ3) is 37.9. The highest BCUT2D eigenvalue weighted by atomic mass is 28.1. The van der Waals surface area contributed by atoms with E-state index in [0.717, 1.165) is 61.4 Å². The van der Waals surface area contributed by atoms with E-state index in [1.807, 2.05) is 7.05 Å². The van der Waals surface area contributed by atoms with Gasteiger partial charge in [-0.1, -0.05) is 117 Å². The molecule has 1 aliphatic heterocycles. The fraction of sp³-hybridized carbons (Fsp3) is 0.968. The number of amides is 1. The van der Waals surface area contributed by atoms with Gasteiger partial charge in [-0.15, -0.1) is 0 Å². The third-order valence-electron chi connectivity index (χ3n) is 7.02. The van der Waals surface area contributed by atoms with Gasteiger partial charge in [-0.25, -0.2) is 0 Å². The second-order valence-corrected chi connectivity index (χ2v) is 13.8. The molecule has 0 aromatic rings. The maximum absolute atomic E-state index is 10.5. The number of nitrogens with zero attached hydrogens (tertiary/aromatic N) is 1. The van der Waals surface area contributed by atoms with Gasteiger partial charge in [0.1, 0.15) is 0 Å². The molecule has 0 spiro atoms. The molecule has 5 nitrogen and oxygen atoms in total. The minimum absolute atomic E-state index is 0.292. The van der Waals surface area contributed by atoms with Crippen molar-refractivity contribution < 1.29 is 19.0 Å². The topological polar surface area (TPSA) is 48.0 Å². The SMILES string of the molecule is CCC([SiH3])OCCOC.CCCCC([SiH3])CC.CCCCCCCCCCCCOC.CN1CCCC1=O. The first-order valence-corrected chi connectivity index (χ1v) is 18.5. The number of carbonyl (C=O) groups is 1. The Morgan fingerprint density at radius 2 is 1.26 bits per heavy atom. The largest absolute Gasteiger partial charge is 0.385 e. The molecule has 0 N–H and O–H groups in total. The Morgan fingerprint density at radius 1 is 0.737 bits per heavy atom. The average Bonchev–Trinajstić information content (AvgIpc) is 3.31. The quantitative estimate of drug-likeness (QED) is 0.126. The second kappa shape index (κ2) is 36.8. The van der Waals surface area contributed by atoms with Crippen molar-refractivity contribution in [2.45, 2.75) is 148 Å². The summed E-state index contributed by atoms with van der Waals surface area (Å²) in [7, 11) is 7.85. The molecule has 1 saturated heterocycles. The van der Waals surface area contributed by atoms with Crippen LogP contribution in [0.25, 0.3) is 0 Å². The van der Waals surface area contributed by atoms with Gasteiger partial charge in [-0.3, -0.25) is 4.79 Å². The van der Waals surface area contributed by atoms with Crippen molar-refractivity contribution in [3.63, 3.8) is 0 Å².